The number of aromatic nitrogens is 2. The lowest BCUT2D eigenvalue weighted by molar-refractivity contribution is 0.0929. The summed E-state index contributed by atoms with van der Waals surface area (Å²) in [7, 11) is 0. The minimum atomic E-state index is -0.519. The molecule has 126 valence electrons. The van der Waals surface area contributed by atoms with Crippen molar-refractivity contribution >= 4 is 28.9 Å². The summed E-state index contributed by atoms with van der Waals surface area (Å²) in [6.07, 6.45) is 5.29. The summed E-state index contributed by atoms with van der Waals surface area (Å²) < 4.78 is 15.7. The Bertz CT molecular complexity index is 955. The van der Waals surface area contributed by atoms with Gasteiger partial charge in [-0.25, -0.2) is 4.39 Å². The molecule has 0 unspecified atom stereocenters. The molecule has 0 saturated carbocycles. The summed E-state index contributed by atoms with van der Waals surface area (Å²) in [5.74, 6) is -0.698. The van der Waals surface area contributed by atoms with Crippen molar-refractivity contribution in [1.82, 2.24) is 14.9 Å². The van der Waals surface area contributed by atoms with Crippen molar-refractivity contribution in [3.63, 3.8) is 0 Å². The Morgan fingerprint density at radius 3 is 2.84 bits per heavy atom. The van der Waals surface area contributed by atoms with Crippen molar-refractivity contribution in [1.29, 1.82) is 0 Å². The van der Waals surface area contributed by atoms with Gasteiger partial charge in [-0.05, 0) is 29.8 Å². The second-order valence-electron chi connectivity index (χ2n) is 5.68. The molecule has 7 heteroatoms. The highest BCUT2D eigenvalue weighted by Gasteiger charge is 2.26. The van der Waals surface area contributed by atoms with Gasteiger partial charge in [0, 0.05) is 37.2 Å². The van der Waals surface area contributed by atoms with Crippen LogP contribution in [0.4, 0.5) is 15.8 Å². The average Bonchev–Trinajstić information content (AvgIpc) is 2.99. The fourth-order valence-electron chi connectivity index (χ4n) is 2.96. The number of anilines is 2. The molecule has 1 aliphatic rings. The molecule has 2 N–H and O–H groups in total. The summed E-state index contributed by atoms with van der Waals surface area (Å²) >= 11 is 6.07. The van der Waals surface area contributed by atoms with Crippen LogP contribution in [-0.2, 0) is 6.54 Å². The minimum absolute atomic E-state index is 0.0145. The zero-order valence-corrected chi connectivity index (χ0v) is 13.8. The van der Waals surface area contributed by atoms with Gasteiger partial charge in [0.05, 0.1) is 16.4 Å². The molecule has 5 nitrogen and oxygen atoms in total. The smallest absolute Gasteiger partial charge is 0.270 e. The Labute approximate surface area is 148 Å². The monoisotopic (exact) mass is 356 g/mol. The molecule has 0 fully saturated rings. The molecule has 1 aromatic carbocycles. The first-order valence-corrected chi connectivity index (χ1v) is 8.15. The van der Waals surface area contributed by atoms with E-state index in [1.165, 1.54) is 6.07 Å². The lowest BCUT2D eigenvalue weighted by Gasteiger charge is -2.18. The summed E-state index contributed by atoms with van der Waals surface area (Å²) in [5, 5.41) is 5.97. The van der Waals surface area contributed by atoms with Gasteiger partial charge in [0.1, 0.15) is 11.5 Å². The zero-order valence-electron chi connectivity index (χ0n) is 13.1. The molecule has 2 aromatic heterocycles. The molecule has 3 aromatic rings. The summed E-state index contributed by atoms with van der Waals surface area (Å²) in [5.41, 5.74) is 3.23. The van der Waals surface area contributed by atoms with Gasteiger partial charge in [0.15, 0.2) is 0 Å². The van der Waals surface area contributed by atoms with Crippen molar-refractivity contribution in [2.75, 3.05) is 11.9 Å². The second kappa shape index (κ2) is 6.22. The van der Waals surface area contributed by atoms with Crippen LogP contribution in [-0.4, -0.2) is 22.0 Å². The number of carbonyl (C=O) groups excluding carboxylic acids is 1. The first-order chi connectivity index (χ1) is 12.1. The number of pyridine rings is 1. The van der Waals surface area contributed by atoms with Crippen LogP contribution in [0, 0.1) is 5.82 Å². The number of benzene rings is 1. The maximum absolute atomic E-state index is 13.8. The third-order valence-corrected chi connectivity index (χ3v) is 4.52. The Kier molecular flexibility index (Phi) is 3.89. The number of hydrogen-bond acceptors (Lipinski definition) is 3. The Hall–Kier alpha value is -2.86. The van der Waals surface area contributed by atoms with Crippen LogP contribution in [0.3, 0.4) is 0 Å². The van der Waals surface area contributed by atoms with Gasteiger partial charge in [-0.15, -0.1) is 0 Å². The third kappa shape index (κ3) is 2.74. The van der Waals surface area contributed by atoms with E-state index in [2.05, 4.69) is 15.6 Å². The van der Waals surface area contributed by atoms with Crippen LogP contribution in [0.15, 0.2) is 48.9 Å². The molecular formula is C18H14ClFN4O. The average molecular weight is 357 g/mol. The molecule has 0 radical (unpaired) electrons. The normalized spacial score (nSPS) is 13.3. The van der Waals surface area contributed by atoms with E-state index in [4.69, 9.17) is 11.6 Å². The van der Waals surface area contributed by atoms with E-state index >= 15 is 0 Å². The number of carbonyl (C=O) groups is 1. The minimum Gasteiger partial charge on any atom is -0.352 e. The molecule has 0 spiro atoms. The molecule has 4 rings (SSSR count). The number of nitrogens with one attached hydrogen (secondary N) is 2. The molecule has 0 saturated heterocycles. The van der Waals surface area contributed by atoms with Gasteiger partial charge >= 0.3 is 0 Å². The number of hydrogen-bond donors (Lipinski definition) is 2. The van der Waals surface area contributed by atoms with Crippen LogP contribution in [0.1, 0.15) is 10.5 Å². The molecule has 3 heterocycles. The van der Waals surface area contributed by atoms with Crippen LogP contribution in [0.5, 0.6) is 0 Å². The Morgan fingerprint density at radius 1 is 1.24 bits per heavy atom. The molecule has 25 heavy (non-hydrogen) atoms. The number of amides is 1. The lowest BCUT2D eigenvalue weighted by Crippen LogP contribution is -2.35. The molecule has 1 amide bonds. The van der Waals surface area contributed by atoms with Crippen molar-refractivity contribution < 1.29 is 9.18 Å². The van der Waals surface area contributed by atoms with Crippen molar-refractivity contribution in [3.05, 3.63) is 65.5 Å². The van der Waals surface area contributed by atoms with Gasteiger partial charge < -0.3 is 15.2 Å². The van der Waals surface area contributed by atoms with Crippen molar-refractivity contribution in [3.8, 4) is 11.1 Å². The standard InChI is InChI=1S/C18H14ClFN4O/c19-15-13(20)2-1-3-14(15)23-16-12(11-4-6-21-7-5-11)10-24-9-8-22-18(25)17(16)24/h1-7,10,23H,8-9H2,(H,22,25). The van der Waals surface area contributed by atoms with E-state index in [1.54, 1.807) is 24.5 Å². The lowest BCUT2D eigenvalue weighted by atomic mass is 10.1. The van der Waals surface area contributed by atoms with Crippen molar-refractivity contribution in [2.45, 2.75) is 6.54 Å². The maximum Gasteiger partial charge on any atom is 0.270 e. The number of fused-ring (bicyclic) bond motifs is 1. The first-order valence-electron chi connectivity index (χ1n) is 7.78. The SMILES string of the molecule is O=C1NCCn2cc(-c3ccncc3)c(Nc3cccc(F)c3Cl)c21. The van der Waals surface area contributed by atoms with Crippen LogP contribution < -0.4 is 10.6 Å². The van der Waals surface area contributed by atoms with E-state index in [9.17, 15) is 9.18 Å². The van der Waals surface area contributed by atoms with Gasteiger partial charge in [0.2, 0.25) is 0 Å². The van der Waals surface area contributed by atoms with Gasteiger partial charge in [0.25, 0.3) is 5.91 Å². The summed E-state index contributed by atoms with van der Waals surface area (Å²) in [6.45, 7) is 1.23. The second-order valence-corrected chi connectivity index (χ2v) is 6.06. The maximum atomic E-state index is 13.8. The van der Waals surface area contributed by atoms with Gasteiger partial charge in [-0.1, -0.05) is 17.7 Å². The highest BCUT2D eigenvalue weighted by atomic mass is 35.5. The van der Waals surface area contributed by atoms with Crippen LogP contribution in [0.25, 0.3) is 11.1 Å². The predicted octanol–water partition coefficient (Wildman–Crippen LogP) is 3.83. The topological polar surface area (TPSA) is 59.0 Å². The molecule has 0 atom stereocenters. The highest BCUT2D eigenvalue weighted by molar-refractivity contribution is 6.33. The Balaban J connectivity index is 1.89. The summed E-state index contributed by atoms with van der Waals surface area (Å²) in [6, 6.07) is 8.25. The van der Waals surface area contributed by atoms with E-state index in [-0.39, 0.29) is 10.9 Å². The Morgan fingerprint density at radius 2 is 2.04 bits per heavy atom. The number of rotatable bonds is 3. The molecule has 1 aliphatic heterocycles. The van der Waals surface area contributed by atoms with Gasteiger partial charge in [-0.2, -0.15) is 0 Å². The third-order valence-electron chi connectivity index (χ3n) is 4.13. The predicted molar refractivity (Wildman–Crippen MR) is 94.7 cm³/mol. The number of nitrogens with zero attached hydrogens (tertiary/aromatic N) is 2. The summed E-state index contributed by atoms with van der Waals surface area (Å²) in [4.78, 5) is 16.4. The van der Waals surface area contributed by atoms with E-state index in [1.807, 2.05) is 22.9 Å². The molecular weight excluding hydrogens is 343 g/mol. The van der Waals surface area contributed by atoms with Crippen molar-refractivity contribution in [2.24, 2.45) is 0 Å². The fraction of sp³-hybridized carbons (Fsp3) is 0.111. The van der Waals surface area contributed by atoms with E-state index in [0.717, 1.165) is 11.1 Å². The largest absolute Gasteiger partial charge is 0.352 e. The van der Waals surface area contributed by atoms with E-state index in [0.29, 0.717) is 30.2 Å². The highest BCUT2D eigenvalue weighted by Crippen LogP contribution is 2.38. The first kappa shape index (κ1) is 15.7. The van der Waals surface area contributed by atoms with Crippen LogP contribution >= 0.6 is 11.6 Å². The number of halogens is 2. The molecule has 0 aliphatic carbocycles. The fourth-order valence-corrected chi connectivity index (χ4v) is 3.14. The molecule has 0 bridgehead atoms. The van der Waals surface area contributed by atoms with Gasteiger partial charge in [-0.3, -0.25) is 9.78 Å². The van der Waals surface area contributed by atoms with Crippen LogP contribution in [0.2, 0.25) is 5.02 Å². The zero-order chi connectivity index (χ0) is 17.4. The van der Waals surface area contributed by atoms with E-state index < -0.39 is 5.82 Å². The quantitative estimate of drug-likeness (QED) is 0.749.